The minimum absolute atomic E-state index is 0.152. The van der Waals surface area contributed by atoms with Crippen LogP contribution in [0.5, 0.6) is 0 Å². The van der Waals surface area contributed by atoms with E-state index in [1.807, 2.05) is 0 Å². The van der Waals surface area contributed by atoms with Gasteiger partial charge < -0.3 is 16.0 Å². The highest BCUT2D eigenvalue weighted by Crippen LogP contribution is 2.33. The molecule has 0 bridgehead atoms. The number of rotatable bonds is 9. The number of nitrogens with one attached hydrogen (secondary N) is 3. The largest absolute Gasteiger partial charge is 0.314 e. The van der Waals surface area contributed by atoms with Crippen molar-refractivity contribution >= 4 is 0 Å². The smallest absolute Gasteiger partial charge is 0.00967 e. The first-order valence-corrected chi connectivity index (χ1v) is 8.97. The summed E-state index contributed by atoms with van der Waals surface area (Å²) >= 11 is 0. The van der Waals surface area contributed by atoms with Crippen LogP contribution in [0.3, 0.4) is 0 Å². The summed E-state index contributed by atoms with van der Waals surface area (Å²) in [5.74, 6) is 0. The monoisotopic (exact) mass is 313 g/mol. The van der Waals surface area contributed by atoms with E-state index in [2.05, 4.69) is 85.2 Å². The van der Waals surface area contributed by atoms with E-state index in [0.29, 0.717) is 17.5 Å². The van der Waals surface area contributed by atoms with Crippen LogP contribution in [0.4, 0.5) is 0 Å². The lowest BCUT2D eigenvalue weighted by Crippen LogP contribution is -2.55. The molecule has 0 aromatic heterocycles. The van der Waals surface area contributed by atoms with Gasteiger partial charge in [-0.1, -0.05) is 48.5 Å². The Bertz CT molecular complexity index is 283. The molecule has 0 spiro atoms. The zero-order valence-electron chi connectivity index (χ0n) is 17.0. The zero-order chi connectivity index (χ0) is 17.6. The van der Waals surface area contributed by atoms with Gasteiger partial charge in [-0.25, -0.2) is 0 Å². The second-order valence-electron chi connectivity index (χ2n) is 9.91. The molecule has 0 unspecified atom stereocenters. The second-order valence-corrected chi connectivity index (χ2v) is 9.91. The van der Waals surface area contributed by atoms with E-state index in [0.717, 1.165) is 19.6 Å². The van der Waals surface area contributed by atoms with Crippen LogP contribution in [0.25, 0.3) is 0 Å². The van der Waals surface area contributed by atoms with E-state index in [4.69, 9.17) is 0 Å². The highest BCUT2D eigenvalue weighted by atomic mass is 15.0. The first kappa shape index (κ1) is 21.9. The van der Waals surface area contributed by atoms with E-state index in [1.165, 1.54) is 6.42 Å². The Kier molecular flexibility index (Phi) is 8.61. The first-order valence-electron chi connectivity index (χ1n) is 8.97. The van der Waals surface area contributed by atoms with Crippen LogP contribution in [0, 0.1) is 10.8 Å². The maximum Gasteiger partial charge on any atom is 0.00967 e. The Hall–Kier alpha value is -0.120. The average Bonchev–Trinajstić information content (AvgIpc) is 2.28. The molecule has 22 heavy (non-hydrogen) atoms. The van der Waals surface area contributed by atoms with Gasteiger partial charge in [0.15, 0.2) is 0 Å². The predicted molar refractivity (Wildman–Crippen MR) is 101 cm³/mol. The summed E-state index contributed by atoms with van der Waals surface area (Å²) in [5, 5.41) is 11.1. The van der Waals surface area contributed by atoms with Gasteiger partial charge in [-0.2, -0.15) is 0 Å². The van der Waals surface area contributed by atoms with E-state index in [1.54, 1.807) is 0 Å². The Balaban J connectivity index is 5.18. The molecule has 0 heterocycles. The Morgan fingerprint density at radius 3 is 1.36 bits per heavy atom. The third-order valence-electron chi connectivity index (χ3n) is 3.67. The maximum absolute atomic E-state index is 3.75. The van der Waals surface area contributed by atoms with Crippen LogP contribution in [-0.4, -0.2) is 37.3 Å². The van der Waals surface area contributed by atoms with E-state index < -0.39 is 0 Å². The van der Waals surface area contributed by atoms with E-state index in [-0.39, 0.29) is 11.0 Å². The molecule has 0 atom stereocenters. The quantitative estimate of drug-likeness (QED) is 0.606. The van der Waals surface area contributed by atoms with Crippen molar-refractivity contribution in [3.8, 4) is 0 Å². The normalized spacial score (nSPS) is 14.2. The van der Waals surface area contributed by atoms with Gasteiger partial charge >= 0.3 is 0 Å². The van der Waals surface area contributed by atoms with Crippen molar-refractivity contribution in [2.45, 2.75) is 93.3 Å². The van der Waals surface area contributed by atoms with Crippen molar-refractivity contribution in [3.63, 3.8) is 0 Å². The molecule has 0 fully saturated rings. The van der Waals surface area contributed by atoms with Crippen LogP contribution in [0.2, 0.25) is 0 Å². The number of hydrogen-bond donors (Lipinski definition) is 3. The summed E-state index contributed by atoms with van der Waals surface area (Å²) in [6.45, 7) is 25.9. The van der Waals surface area contributed by atoms with Crippen molar-refractivity contribution < 1.29 is 0 Å². The molecule has 0 rings (SSSR count). The van der Waals surface area contributed by atoms with Gasteiger partial charge in [0.05, 0.1) is 0 Å². The lowest BCUT2D eigenvalue weighted by molar-refractivity contribution is 0.138. The van der Waals surface area contributed by atoms with E-state index >= 15 is 0 Å². The Morgan fingerprint density at radius 2 is 1.09 bits per heavy atom. The molecule has 0 saturated carbocycles. The molecule has 0 aliphatic heterocycles. The molecule has 3 N–H and O–H groups in total. The van der Waals surface area contributed by atoms with E-state index in [9.17, 15) is 0 Å². The van der Waals surface area contributed by atoms with Crippen molar-refractivity contribution in [2.24, 2.45) is 10.8 Å². The maximum atomic E-state index is 3.75. The molecule has 3 heteroatoms. The Labute approximate surface area is 140 Å². The summed E-state index contributed by atoms with van der Waals surface area (Å²) in [4.78, 5) is 0. The lowest BCUT2D eigenvalue weighted by Gasteiger charge is -2.42. The molecular formula is C19H43N3. The Morgan fingerprint density at radius 1 is 0.682 bits per heavy atom. The van der Waals surface area contributed by atoms with Crippen LogP contribution in [0.15, 0.2) is 0 Å². The molecule has 0 amide bonds. The fourth-order valence-corrected chi connectivity index (χ4v) is 2.79. The van der Waals surface area contributed by atoms with Gasteiger partial charge in [0.25, 0.3) is 0 Å². The standard InChI is InChI=1S/C19H43N3/c1-15(2)20-12-19(11-17(5,6)7,13-21-16(3)4)14-22-18(8,9)10/h15-16,20-22H,11-14H2,1-10H3. The van der Waals surface area contributed by atoms with Crippen molar-refractivity contribution in [1.82, 2.24) is 16.0 Å². The summed E-state index contributed by atoms with van der Waals surface area (Å²) < 4.78 is 0. The van der Waals surface area contributed by atoms with Crippen molar-refractivity contribution in [3.05, 3.63) is 0 Å². The van der Waals surface area contributed by atoms with Gasteiger partial charge in [-0.05, 0) is 32.6 Å². The molecule has 0 aromatic carbocycles. The number of hydrogen-bond acceptors (Lipinski definition) is 3. The summed E-state index contributed by atoms with van der Waals surface area (Å²) in [6, 6.07) is 1.04. The molecule has 134 valence electrons. The minimum Gasteiger partial charge on any atom is -0.314 e. The molecule has 0 radical (unpaired) electrons. The summed E-state index contributed by atoms with van der Waals surface area (Å²) in [6.07, 6.45) is 1.20. The topological polar surface area (TPSA) is 36.1 Å². The molecular weight excluding hydrogens is 270 g/mol. The zero-order valence-corrected chi connectivity index (χ0v) is 17.0. The second kappa shape index (κ2) is 8.65. The molecule has 0 aliphatic rings. The summed E-state index contributed by atoms with van der Waals surface area (Å²) in [7, 11) is 0. The van der Waals surface area contributed by atoms with Gasteiger partial charge in [-0.15, -0.1) is 0 Å². The van der Waals surface area contributed by atoms with Crippen molar-refractivity contribution in [1.29, 1.82) is 0 Å². The van der Waals surface area contributed by atoms with Gasteiger partial charge in [0.2, 0.25) is 0 Å². The molecule has 0 saturated heterocycles. The average molecular weight is 314 g/mol. The lowest BCUT2D eigenvalue weighted by atomic mass is 9.72. The predicted octanol–water partition coefficient (Wildman–Crippen LogP) is 3.79. The summed E-state index contributed by atoms with van der Waals surface area (Å²) in [5.41, 5.74) is 0.690. The molecule has 3 nitrogen and oxygen atoms in total. The molecule has 0 aromatic rings. The van der Waals surface area contributed by atoms with Gasteiger partial charge in [0, 0.05) is 42.7 Å². The SMILES string of the molecule is CC(C)NCC(CNC(C)C)(CNC(C)(C)C)CC(C)(C)C. The minimum atomic E-state index is 0.152. The third kappa shape index (κ3) is 11.4. The fraction of sp³-hybridized carbons (Fsp3) is 1.00. The molecule has 0 aliphatic carbocycles. The third-order valence-corrected chi connectivity index (χ3v) is 3.67. The first-order chi connectivity index (χ1) is 9.75. The van der Waals surface area contributed by atoms with Crippen molar-refractivity contribution in [2.75, 3.05) is 19.6 Å². The fourth-order valence-electron chi connectivity index (χ4n) is 2.79. The van der Waals surface area contributed by atoms with Gasteiger partial charge in [-0.3, -0.25) is 0 Å². The van der Waals surface area contributed by atoms with Crippen LogP contribution < -0.4 is 16.0 Å². The van der Waals surface area contributed by atoms with Crippen LogP contribution in [0.1, 0.15) is 75.7 Å². The van der Waals surface area contributed by atoms with Crippen LogP contribution >= 0.6 is 0 Å². The highest BCUT2D eigenvalue weighted by Gasteiger charge is 2.35. The highest BCUT2D eigenvalue weighted by molar-refractivity contribution is 4.92. The van der Waals surface area contributed by atoms with Gasteiger partial charge in [0.1, 0.15) is 0 Å². The van der Waals surface area contributed by atoms with Crippen LogP contribution in [-0.2, 0) is 0 Å².